The standard InChI is InChI=1S/C16H22N2S/c1-3-12-5-7-13(8-6-12)18-15-9-4-11(2)10-14(15)17-16(18)19/h4,9-10,12-13H,3,5-8H2,1-2H3,(H,17,19). The molecule has 1 aromatic carbocycles. The average molecular weight is 274 g/mol. The van der Waals surface area contributed by atoms with Gasteiger partial charge in [-0.25, -0.2) is 0 Å². The van der Waals surface area contributed by atoms with Gasteiger partial charge in [0.15, 0.2) is 4.77 Å². The molecule has 0 spiro atoms. The highest BCUT2D eigenvalue weighted by molar-refractivity contribution is 7.71. The molecule has 19 heavy (non-hydrogen) atoms. The van der Waals surface area contributed by atoms with Gasteiger partial charge in [-0.15, -0.1) is 0 Å². The van der Waals surface area contributed by atoms with Gasteiger partial charge in [0.1, 0.15) is 0 Å². The van der Waals surface area contributed by atoms with Crippen LogP contribution < -0.4 is 0 Å². The van der Waals surface area contributed by atoms with Gasteiger partial charge in [0.25, 0.3) is 0 Å². The molecule has 1 fully saturated rings. The Hall–Kier alpha value is -1.09. The van der Waals surface area contributed by atoms with Crippen molar-refractivity contribution in [3.63, 3.8) is 0 Å². The van der Waals surface area contributed by atoms with Gasteiger partial charge in [-0.1, -0.05) is 19.4 Å². The monoisotopic (exact) mass is 274 g/mol. The number of fused-ring (bicyclic) bond motifs is 1. The van der Waals surface area contributed by atoms with Gasteiger partial charge < -0.3 is 9.55 Å². The van der Waals surface area contributed by atoms with Crippen LogP contribution >= 0.6 is 12.2 Å². The Kier molecular flexibility index (Phi) is 3.48. The van der Waals surface area contributed by atoms with Crippen molar-refractivity contribution in [2.24, 2.45) is 5.92 Å². The van der Waals surface area contributed by atoms with Crippen molar-refractivity contribution in [2.45, 2.75) is 52.0 Å². The van der Waals surface area contributed by atoms with E-state index in [1.165, 1.54) is 48.7 Å². The van der Waals surface area contributed by atoms with Gasteiger partial charge >= 0.3 is 0 Å². The Morgan fingerprint density at radius 1 is 1.26 bits per heavy atom. The fourth-order valence-corrected chi connectivity index (χ4v) is 3.78. The Morgan fingerprint density at radius 2 is 2.00 bits per heavy atom. The second-order valence-corrected chi connectivity index (χ2v) is 6.29. The van der Waals surface area contributed by atoms with Crippen LogP contribution in [-0.2, 0) is 0 Å². The highest BCUT2D eigenvalue weighted by atomic mass is 32.1. The van der Waals surface area contributed by atoms with Crippen LogP contribution in [0.15, 0.2) is 18.2 Å². The van der Waals surface area contributed by atoms with E-state index in [-0.39, 0.29) is 0 Å². The summed E-state index contributed by atoms with van der Waals surface area (Å²) in [5.74, 6) is 0.929. The molecule has 0 bridgehead atoms. The van der Waals surface area contributed by atoms with Gasteiger partial charge in [0.2, 0.25) is 0 Å². The van der Waals surface area contributed by atoms with Crippen LogP contribution in [0.3, 0.4) is 0 Å². The lowest BCUT2D eigenvalue weighted by molar-refractivity contribution is 0.272. The van der Waals surface area contributed by atoms with Crippen molar-refractivity contribution in [1.29, 1.82) is 0 Å². The first-order valence-electron chi connectivity index (χ1n) is 7.40. The van der Waals surface area contributed by atoms with E-state index in [4.69, 9.17) is 12.2 Å². The number of imidazole rings is 1. The van der Waals surface area contributed by atoms with Crippen LogP contribution in [0.5, 0.6) is 0 Å². The van der Waals surface area contributed by atoms with Crippen molar-refractivity contribution in [2.75, 3.05) is 0 Å². The third kappa shape index (κ3) is 2.36. The predicted molar refractivity (Wildman–Crippen MR) is 83.1 cm³/mol. The van der Waals surface area contributed by atoms with Crippen LogP contribution in [-0.4, -0.2) is 9.55 Å². The largest absolute Gasteiger partial charge is 0.331 e. The Bertz CT molecular complexity index is 630. The van der Waals surface area contributed by atoms with Crippen LogP contribution in [0, 0.1) is 17.6 Å². The fraction of sp³-hybridized carbons (Fsp3) is 0.562. The quantitative estimate of drug-likeness (QED) is 0.751. The second-order valence-electron chi connectivity index (χ2n) is 5.90. The van der Waals surface area contributed by atoms with E-state index in [1.807, 2.05) is 0 Å². The molecule has 1 aliphatic carbocycles. The lowest BCUT2D eigenvalue weighted by atomic mass is 9.84. The molecular weight excluding hydrogens is 252 g/mol. The molecule has 0 unspecified atom stereocenters. The summed E-state index contributed by atoms with van der Waals surface area (Å²) in [7, 11) is 0. The molecule has 0 amide bonds. The molecule has 0 aliphatic heterocycles. The maximum atomic E-state index is 5.54. The number of nitrogens with zero attached hydrogens (tertiary/aromatic N) is 1. The minimum Gasteiger partial charge on any atom is -0.331 e. The molecule has 0 atom stereocenters. The average Bonchev–Trinajstić information content (AvgIpc) is 2.74. The first-order chi connectivity index (χ1) is 9.19. The normalized spacial score (nSPS) is 23.9. The predicted octanol–water partition coefficient (Wildman–Crippen LogP) is 5.15. The molecule has 0 saturated heterocycles. The third-order valence-electron chi connectivity index (χ3n) is 4.63. The number of aryl methyl sites for hydroxylation is 1. The minimum absolute atomic E-state index is 0.590. The SMILES string of the molecule is CCC1CCC(n2c(=S)[nH]c3cc(C)ccc32)CC1. The molecule has 1 aromatic heterocycles. The van der Waals surface area contributed by atoms with Gasteiger partial charge in [-0.3, -0.25) is 0 Å². The van der Waals surface area contributed by atoms with E-state index in [2.05, 4.69) is 41.6 Å². The first kappa shape index (κ1) is 12.9. The van der Waals surface area contributed by atoms with Crippen LogP contribution in [0.2, 0.25) is 0 Å². The summed E-state index contributed by atoms with van der Waals surface area (Å²) in [6.45, 7) is 4.44. The number of rotatable bonds is 2. The number of benzene rings is 1. The first-order valence-corrected chi connectivity index (χ1v) is 7.80. The molecule has 2 aromatic rings. The second kappa shape index (κ2) is 5.12. The maximum Gasteiger partial charge on any atom is 0.178 e. The molecule has 3 heteroatoms. The number of hydrogen-bond acceptors (Lipinski definition) is 1. The minimum atomic E-state index is 0.590. The lowest BCUT2D eigenvalue weighted by Crippen LogP contribution is -2.17. The van der Waals surface area contributed by atoms with Crippen LogP contribution in [0.4, 0.5) is 0 Å². The summed E-state index contributed by atoms with van der Waals surface area (Å²) in [6, 6.07) is 7.17. The summed E-state index contributed by atoms with van der Waals surface area (Å²) in [5, 5.41) is 0. The van der Waals surface area contributed by atoms with Gasteiger partial charge in [0.05, 0.1) is 11.0 Å². The van der Waals surface area contributed by atoms with Crippen molar-refractivity contribution >= 4 is 23.3 Å². The molecule has 1 N–H and O–H groups in total. The zero-order valence-electron chi connectivity index (χ0n) is 11.8. The summed E-state index contributed by atoms with van der Waals surface area (Å²) >= 11 is 5.54. The summed E-state index contributed by atoms with van der Waals surface area (Å²) in [6.07, 6.45) is 6.56. The molecule has 1 saturated carbocycles. The zero-order chi connectivity index (χ0) is 13.4. The lowest BCUT2D eigenvalue weighted by Gasteiger charge is -2.29. The van der Waals surface area contributed by atoms with Crippen molar-refractivity contribution in [3.05, 3.63) is 28.5 Å². The molecule has 2 nitrogen and oxygen atoms in total. The van der Waals surface area contributed by atoms with Gasteiger partial charge in [-0.2, -0.15) is 0 Å². The third-order valence-corrected chi connectivity index (χ3v) is 4.93. The summed E-state index contributed by atoms with van der Waals surface area (Å²) in [4.78, 5) is 3.37. The van der Waals surface area contributed by atoms with Gasteiger partial charge in [-0.05, 0) is 68.4 Å². The highest BCUT2D eigenvalue weighted by Gasteiger charge is 2.23. The summed E-state index contributed by atoms with van der Waals surface area (Å²) in [5.41, 5.74) is 3.74. The van der Waals surface area contributed by atoms with Crippen molar-refractivity contribution in [1.82, 2.24) is 9.55 Å². The number of aromatic nitrogens is 2. The van der Waals surface area contributed by atoms with Crippen molar-refractivity contribution in [3.8, 4) is 0 Å². The molecule has 3 rings (SSSR count). The molecule has 1 aliphatic rings. The van der Waals surface area contributed by atoms with Crippen molar-refractivity contribution < 1.29 is 0 Å². The van der Waals surface area contributed by atoms with E-state index >= 15 is 0 Å². The van der Waals surface area contributed by atoms with Gasteiger partial charge in [0, 0.05) is 6.04 Å². The fourth-order valence-electron chi connectivity index (χ4n) is 3.42. The number of nitrogens with one attached hydrogen (secondary N) is 1. The highest BCUT2D eigenvalue weighted by Crippen LogP contribution is 2.35. The molecule has 102 valence electrons. The number of H-pyrrole nitrogens is 1. The number of aromatic amines is 1. The number of hydrogen-bond donors (Lipinski definition) is 1. The Balaban J connectivity index is 1.97. The van der Waals surface area contributed by atoms with E-state index in [0.717, 1.165) is 10.7 Å². The maximum absolute atomic E-state index is 5.54. The van der Waals surface area contributed by atoms with E-state index in [0.29, 0.717) is 6.04 Å². The van der Waals surface area contributed by atoms with Crippen LogP contribution in [0.1, 0.15) is 50.6 Å². The van der Waals surface area contributed by atoms with Crippen LogP contribution in [0.25, 0.3) is 11.0 Å². The summed E-state index contributed by atoms with van der Waals surface area (Å²) < 4.78 is 3.25. The molecule has 1 heterocycles. The van der Waals surface area contributed by atoms with E-state index in [1.54, 1.807) is 0 Å². The smallest absolute Gasteiger partial charge is 0.178 e. The van der Waals surface area contributed by atoms with E-state index < -0.39 is 0 Å². The molecule has 0 radical (unpaired) electrons. The van der Waals surface area contributed by atoms with E-state index in [9.17, 15) is 0 Å². The molecular formula is C16H22N2S. The zero-order valence-corrected chi connectivity index (χ0v) is 12.6. The Morgan fingerprint density at radius 3 is 2.68 bits per heavy atom. The Labute approximate surface area is 119 Å². The topological polar surface area (TPSA) is 20.7 Å².